The van der Waals surface area contributed by atoms with Crippen LogP contribution in [0.15, 0.2) is 66.2 Å². The summed E-state index contributed by atoms with van der Waals surface area (Å²) in [7, 11) is 0.517. The van der Waals surface area contributed by atoms with Crippen LogP contribution in [-0.4, -0.2) is 24.1 Å². The SMILES string of the molecule is COC(C)(NC(=O)OCc1ccccc1-c1ccccc1)C1CCCC1(C=C(C)C)[PH2]=O. The number of benzene rings is 2. The van der Waals surface area contributed by atoms with Crippen LogP contribution in [0.5, 0.6) is 0 Å². The van der Waals surface area contributed by atoms with Crippen LogP contribution < -0.4 is 5.32 Å². The Morgan fingerprint density at radius 1 is 1.19 bits per heavy atom. The molecule has 5 nitrogen and oxygen atoms in total. The van der Waals surface area contributed by atoms with Crippen LogP contribution in [0.4, 0.5) is 4.79 Å². The maximum atomic E-state index is 12.8. The Hall–Kier alpha value is -2.36. The second kappa shape index (κ2) is 10.5. The van der Waals surface area contributed by atoms with Crippen molar-refractivity contribution in [2.75, 3.05) is 7.11 Å². The van der Waals surface area contributed by atoms with Crippen molar-refractivity contribution in [1.29, 1.82) is 0 Å². The highest BCUT2D eigenvalue weighted by Gasteiger charge is 2.51. The molecule has 3 rings (SSSR count). The predicted octanol–water partition coefficient (Wildman–Crippen LogP) is 6.20. The number of ether oxygens (including phenoxy) is 2. The smallest absolute Gasteiger partial charge is 0.409 e. The van der Waals surface area contributed by atoms with Gasteiger partial charge in [0.05, 0.1) is 8.46 Å². The molecule has 0 bridgehead atoms. The van der Waals surface area contributed by atoms with Crippen molar-refractivity contribution in [3.8, 4) is 11.1 Å². The van der Waals surface area contributed by atoms with E-state index in [-0.39, 0.29) is 12.5 Å². The molecule has 1 aliphatic rings. The van der Waals surface area contributed by atoms with Gasteiger partial charge in [0, 0.05) is 18.2 Å². The third-order valence-corrected chi connectivity index (χ3v) is 7.72. The molecule has 0 heterocycles. The van der Waals surface area contributed by atoms with E-state index in [1.807, 2.05) is 75.4 Å². The number of hydrogen-bond acceptors (Lipinski definition) is 4. The van der Waals surface area contributed by atoms with Crippen molar-refractivity contribution in [2.24, 2.45) is 5.92 Å². The first kappa shape index (κ1) is 24.3. The monoisotopic (exact) mass is 455 g/mol. The topological polar surface area (TPSA) is 64.6 Å². The van der Waals surface area contributed by atoms with Gasteiger partial charge in [0.25, 0.3) is 0 Å². The molecule has 0 aliphatic heterocycles. The van der Waals surface area contributed by atoms with Gasteiger partial charge in [-0.05, 0) is 50.3 Å². The number of allylic oxidation sites excluding steroid dienone is 2. The fraction of sp³-hybridized carbons (Fsp3) is 0.423. The summed E-state index contributed by atoms with van der Waals surface area (Å²) in [5.41, 5.74) is 3.18. The third-order valence-electron chi connectivity index (χ3n) is 6.43. The van der Waals surface area contributed by atoms with Gasteiger partial charge in [0.2, 0.25) is 0 Å². The van der Waals surface area contributed by atoms with Gasteiger partial charge in [-0.2, -0.15) is 0 Å². The van der Waals surface area contributed by atoms with Gasteiger partial charge in [-0.1, -0.05) is 72.7 Å². The summed E-state index contributed by atoms with van der Waals surface area (Å²) in [6.07, 6.45) is 4.18. The molecule has 0 saturated heterocycles. The molecule has 0 radical (unpaired) electrons. The first-order valence-corrected chi connectivity index (χ1v) is 12.1. The normalized spacial score (nSPS) is 22.4. The fourth-order valence-electron chi connectivity index (χ4n) is 4.94. The van der Waals surface area contributed by atoms with E-state index in [4.69, 9.17) is 9.47 Å². The summed E-state index contributed by atoms with van der Waals surface area (Å²) in [5.74, 6) is -0.0912. The van der Waals surface area contributed by atoms with Crippen LogP contribution in [0.1, 0.15) is 45.6 Å². The highest BCUT2D eigenvalue weighted by atomic mass is 31.1. The largest absolute Gasteiger partial charge is 0.445 e. The second-order valence-corrected chi connectivity index (χ2v) is 10.2. The number of rotatable bonds is 8. The minimum atomic E-state index is -1.06. The van der Waals surface area contributed by atoms with E-state index in [0.717, 1.165) is 41.5 Å². The molecule has 2 aromatic rings. The molecule has 32 heavy (non-hydrogen) atoms. The van der Waals surface area contributed by atoms with E-state index in [1.54, 1.807) is 7.11 Å². The molecule has 6 heteroatoms. The maximum Gasteiger partial charge on any atom is 0.409 e. The highest BCUT2D eigenvalue weighted by Crippen LogP contribution is 2.51. The van der Waals surface area contributed by atoms with Crippen molar-refractivity contribution in [1.82, 2.24) is 5.32 Å². The number of carbonyl (C=O) groups excluding carboxylic acids is 1. The van der Waals surface area contributed by atoms with Gasteiger partial charge in [0.1, 0.15) is 12.3 Å². The minimum Gasteiger partial charge on any atom is -0.445 e. The molecule has 0 aromatic heterocycles. The molecule has 0 spiro atoms. The second-order valence-electron chi connectivity index (χ2n) is 8.93. The van der Waals surface area contributed by atoms with Gasteiger partial charge in [-0.25, -0.2) is 4.79 Å². The average molecular weight is 456 g/mol. The molecular formula is C26H34NO4P. The van der Waals surface area contributed by atoms with E-state index in [1.165, 1.54) is 0 Å². The molecule has 1 aliphatic carbocycles. The quantitative estimate of drug-likeness (QED) is 0.292. The van der Waals surface area contributed by atoms with Crippen molar-refractivity contribution in [3.05, 3.63) is 71.8 Å². The van der Waals surface area contributed by atoms with Crippen LogP contribution in [0.3, 0.4) is 0 Å². The lowest BCUT2D eigenvalue weighted by Gasteiger charge is -2.41. The number of hydrogen-bond donors (Lipinski definition) is 1. The molecule has 1 saturated carbocycles. The van der Waals surface area contributed by atoms with Crippen molar-refractivity contribution >= 4 is 14.6 Å². The Morgan fingerprint density at radius 2 is 1.88 bits per heavy atom. The number of methoxy groups -OCH3 is 1. The van der Waals surface area contributed by atoms with E-state index < -0.39 is 25.4 Å². The molecule has 1 N–H and O–H groups in total. The molecule has 2 aromatic carbocycles. The Kier molecular flexibility index (Phi) is 7.97. The average Bonchev–Trinajstić information content (AvgIpc) is 3.22. The first-order chi connectivity index (χ1) is 15.3. The molecule has 4 unspecified atom stereocenters. The van der Waals surface area contributed by atoms with E-state index in [9.17, 15) is 9.36 Å². The van der Waals surface area contributed by atoms with Crippen LogP contribution in [-0.2, 0) is 20.6 Å². The van der Waals surface area contributed by atoms with Crippen LogP contribution >= 0.6 is 8.46 Å². The summed E-state index contributed by atoms with van der Waals surface area (Å²) in [6, 6.07) is 17.9. The zero-order valence-corrected chi connectivity index (χ0v) is 20.5. The summed E-state index contributed by atoms with van der Waals surface area (Å²) in [5, 5.41) is 2.49. The van der Waals surface area contributed by atoms with Crippen LogP contribution in [0.25, 0.3) is 11.1 Å². The standard InChI is InChI=1S/C26H34NO4P/c1-19(2)17-26(32-29)16-10-15-23(26)25(3,30-4)27-24(28)31-18-21-13-8-9-14-22(21)20-11-6-5-7-12-20/h5-9,11-14,17,23H,10,15-16,18,32H2,1-4H3,(H,27,28). The molecule has 1 fully saturated rings. The minimum absolute atomic E-state index is 0.0912. The summed E-state index contributed by atoms with van der Waals surface area (Å²) in [4.78, 5) is 12.8. The Morgan fingerprint density at radius 3 is 2.53 bits per heavy atom. The molecule has 172 valence electrons. The van der Waals surface area contributed by atoms with Gasteiger partial charge in [-0.15, -0.1) is 0 Å². The Bertz CT molecular complexity index is 973. The van der Waals surface area contributed by atoms with Gasteiger partial charge in [0.15, 0.2) is 0 Å². The first-order valence-electron chi connectivity index (χ1n) is 11.1. The number of amides is 1. The maximum absolute atomic E-state index is 12.8. The van der Waals surface area contributed by atoms with Crippen molar-refractivity contribution < 1.29 is 18.8 Å². The summed E-state index contributed by atoms with van der Waals surface area (Å²) >= 11 is 0. The van der Waals surface area contributed by atoms with Gasteiger partial charge >= 0.3 is 6.09 Å². The number of alkyl carbamates (subject to hydrolysis) is 1. The zero-order valence-electron chi connectivity index (χ0n) is 19.4. The Labute approximate surface area is 192 Å². The van der Waals surface area contributed by atoms with E-state index in [2.05, 4.69) is 11.4 Å². The predicted molar refractivity (Wildman–Crippen MR) is 131 cm³/mol. The van der Waals surface area contributed by atoms with Gasteiger partial charge < -0.3 is 14.0 Å². The lowest BCUT2D eigenvalue weighted by molar-refractivity contribution is -0.0703. The number of nitrogens with one attached hydrogen (secondary N) is 1. The lowest BCUT2D eigenvalue weighted by atomic mass is 9.84. The molecular weight excluding hydrogens is 421 g/mol. The number of carbonyl (C=O) groups is 1. The van der Waals surface area contributed by atoms with Crippen molar-refractivity contribution in [2.45, 2.75) is 57.5 Å². The Balaban J connectivity index is 1.74. The lowest BCUT2D eigenvalue weighted by Crippen LogP contribution is -2.57. The third kappa shape index (κ3) is 5.33. The van der Waals surface area contributed by atoms with Crippen molar-refractivity contribution in [3.63, 3.8) is 0 Å². The summed E-state index contributed by atoms with van der Waals surface area (Å²) in [6.45, 7) is 6.03. The zero-order chi connectivity index (χ0) is 23.2. The summed E-state index contributed by atoms with van der Waals surface area (Å²) < 4.78 is 23.8. The highest BCUT2D eigenvalue weighted by molar-refractivity contribution is 7.26. The fourth-order valence-corrected chi connectivity index (χ4v) is 6.31. The van der Waals surface area contributed by atoms with E-state index in [0.29, 0.717) is 0 Å². The van der Waals surface area contributed by atoms with Crippen LogP contribution in [0, 0.1) is 5.92 Å². The molecule has 4 atom stereocenters. The van der Waals surface area contributed by atoms with Gasteiger partial charge in [-0.3, -0.25) is 5.32 Å². The van der Waals surface area contributed by atoms with Crippen LogP contribution in [0.2, 0.25) is 0 Å². The van der Waals surface area contributed by atoms with E-state index >= 15 is 0 Å². The molecule has 1 amide bonds.